The number of rotatable bonds is 8. The number of nitrogens with one attached hydrogen (secondary N) is 1. The number of amides is 1. The van der Waals surface area contributed by atoms with Gasteiger partial charge in [0.15, 0.2) is 6.61 Å². The van der Waals surface area contributed by atoms with Gasteiger partial charge in [-0.25, -0.2) is 0 Å². The van der Waals surface area contributed by atoms with E-state index in [-0.39, 0.29) is 24.0 Å². The molecule has 0 radical (unpaired) electrons. The maximum Gasteiger partial charge on any atom is 0.273 e. The van der Waals surface area contributed by atoms with Crippen molar-refractivity contribution in [3.05, 3.63) is 34.4 Å². The Morgan fingerprint density at radius 1 is 1.43 bits per heavy atom. The van der Waals surface area contributed by atoms with Gasteiger partial charge in [0.05, 0.1) is 16.5 Å². The minimum Gasteiger partial charge on any atom is -0.484 e. The van der Waals surface area contributed by atoms with E-state index in [1.54, 1.807) is 6.07 Å². The second-order valence-corrected chi connectivity index (χ2v) is 4.78. The molecule has 0 spiro atoms. The van der Waals surface area contributed by atoms with Gasteiger partial charge in [-0.3, -0.25) is 14.9 Å². The zero-order valence-electron chi connectivity index (χ0n) is 12.3. The summed E-state index contributed by atoms with van der Waals surface area (Å²) < 4.78 is 5.28. The highest BCUT2D eigenvalue weighted by molar-refractivity contribution is 5.78. The van der Waals surface area contributed by atoms with Crippen LogP contribution in [0.1, 0.15) is 26.7 Å². The van der Waals surface area contributed by atoms with E-state index in [1.165, 1.54) is 18.2 Å². The van der Waals surface area contributed by atoms with Crippen LogP contribution in [0.3, 0.4) is 0 Å². The van der Waals surface area contributed by atoms with Gasteiger partial charge in [-0.05, 0) is 18.9 Å². The molecule has 0 aliphatic rings. The topological polar surface area (TPSA) is 107 Å². The Kier molecular flexibility index (Phi) is 6.10. The van der Waals surface area contributed by atoms with E-state index < -0.39 is 10.5 Å². The zero-order chi connectivity index (χ0) is 15.9. The number of hydrogen-bond donors (Lipinski definition) is 2. The first kappa shape index (κ1) is 16.9. The smallest absolute Gasteiger partial charge is 0.273 e. The van der Waals surface area contributed by atoms with Gasteiger partial charge in [-0.15, -0.1) is 0 Å². The Balaban J connectivity index is 2.61. The van der Waals surface area contributed by atoms with Gasteiger partial charge in [0.2, 0.25) is 0 Å². The van der Waals surface area contributed by atoms with Crippen LogP contribution in [0, 0.1) is 10.1 Å². The lowest BCUT2D eigenvalue weighted by atomic mass is 9.93. The van der Waals surface area contributed by atoms with Gasteiger partial charge in [-0.2, -0.15) is 0 Å². The van der Waals surface area contributed by atoms with Crippen LogP contribution >= 0.6 is 0 Å². The lowest BCUT2D eigenvalue weighted by molar-refractivity contribution is -0.384. The summed E-state index contributed by atoms with van der Waals surface area (Å²) in [5, 5.41) is 13.5. The summed E-state index contributed by atoms with van der Waals surface area (Å²) in [4.78, 5) is 22.0. The van der Waals surface area contributed by atoms with Crippen LogP contribution in [0.4, 0.5) is 5.69 Å². The van der Waals surface area contributed by atoms with Crippen molar-refractivity contribution in [2.45, 2.75) is 32.2 Å². The molecule has 0 atom stereocenters. The summed E-state index contributed by atoms with van der Waals surface area (Å²) in [6, 6.07) is 5.72. The number of nitro benzene ring substituents is 1. The van der Waals surface area contributed by atoms with Crippen LogP contribution in [-0.4, -0.2) is 29.5 Å². The van der Waals surface area contributed by atoms with Crippen LogP contribution < -0.4 is 15.8 Å². The van der Waals surface area contributed by atoms with Crippen molar-refractivity contribution in [3.63, 3.8) is 0 Å². The molecule has 0 aliphatic carbocycles. The summed E-state index contributed by atoms with van der Waals surface area (Å²) in [5.41, 5.74) is 5.20. The highest BCUT2D eigenvalue weighted by atomic mass is 16.6. The quantitative estimate of drug-likeness (QED) is 0.559. The number of benzene rings is 1. The van der Waals surface area contributed by atoms with Crippen molar-refractivity contribution in [1.82, 2.24) is 5.32 Å². The molecular formula is C14H21N3O4. The Morgan fingerprint density at radius 2 is 2.10 bits per heavy atom. The molecule has 0 aliphatic heterocycles. The minimum atomic E-state index is -0.513. The largest absolute Gasteiger partial charge is 0.484 e. The maximum absolute atomic E-state index is 11.9. The molecule has 0 unspecified atom stereocenters. The lowest BCUT2D eigenvalue weighted by Gasteiger charge is -2.31. The molecule has 0 saturated heterocycles. The minimum absolute atomic E-state index is 0.0775. The molecule has 21 heavy (non-hydrogen) atoms. The van der Waals surface area contributed by atoms with Crippen molar-refractivity contribution < 1.29 is 14.5 Å². The molecule has 3 N–H and O–H groups in total. The molecule has 0 aromatic heterocycles. The molecule has 0 heterocycles. The second-order valence-electron chi connectivity index (χ2n) is 4.78. The third-order valence-corrected chi connectivity index (χ3v) is 3.55. The van der Waals surface area contributed by atoms with Gasteiger partial charge < -0.3 is 15.8 Å². The molecule has 116 valence electrons. The number of carbonyl (C=O) groups excluding carboxylic acids is 1. The van der Waals surface area contributed by atoms with E-state index in [9.17, 15) is 14.9 Å². The normalized spacial score (nSPS) is 11.0. The van der Waals surface area contributed by atoms with Crippen LogP contribution in [0.25, 0.3) is 0 Å². The molecular weight excluding hydrogens is 274 g/mol. The predicted molar refractivity (Wildman–Crippen MR) is 79.1 cm³/mol. The molecule has 0 bridgehead atoms. The van der Waals surface area contributed by atoms with E-state index in [0.29, 0.717) is 6.54 Å². The fourth-order valence-corrected chi connectivity index (χ4v) is 1.93. The van der Waals surface area contributed by atoms with Crippen LogP contribution in [0.15, 0.2) is 24.3 Å². The van der Waals surface area contributed by atoms with Crippen molar-refractivity contribution in [3.8, 4) is 5.75 Å². The number of nitrogens with two attached hydrogens (primary N) is 1. The van der Waals surface area contributed by atoms with E-state index in [4.69, 9.17) is 10.5 Å². The SMILES string of the molecule is CCC(CC)(CN)NC(=O)COc1cccc([N+](=O)[O-])c1. The molecule has 1 rings (SSSR count). The zero-order valence-corrected chi connectivity index (χ0v) is 12.3. The summed E-state index contributed by atoms with van der Waals surface area (Å²) in [5.74, 6) is -0.0126. The molecule has 0 saturated carbocycles. The number of nitrogens with zero attached hydrogens (tertiary/aromatic N) is 1. The second kappa shape index (κ2) is 7.58. The maximum atomic E-state index is 11.9. The van der Waals surface area contributed by atoms with Gasteiger partial charge in [0.1, 0.15) is 5.75 Å². The van der Waals surface area contributed by atoms with Gasteiger partial charge in [0.25, 0.3) is 11.6 Å². The first-order valence-electron chi connectivity index (χ1n) is 6.84. The fraction of sp³-hybridized carbons (Fsp3) is 0.500. The van der Waals surface area contributed by atoms with E-state index in [1.807, 2.05) is 13.8 Å². The van der Waals surface area contributed by atoms with Gasteiger partial charge in [-0.1, -0.05) is 19.9 Å². The Bertz CT molecular complexity index is 492. The Hall–Kier alpha value is -2.15. The number of hydrogen-bond acceptors (Lipinski definition) is 5. The van der Waals surface area contributed by atoms with E-state index >= 15 is 0 Å². The molecule has 0 fully saturated rings. The van der Waals surface area contributed by atoms with Crippen molar-refractivity contribution >= 4 is 11.6 Å². The first-order chi connectivity index (χ1) is 9.96. The van der Waals surface area contributed by atoms with Crippen LogP contribution in [-0.2, 0) is 4.79 Å². The molecule has 1 aromatic carbocycles. The number of non-ortho nitro benzene ring substituents is 1. The number of nitro groups is 1. The average molecular weight is 295 g/mol. The monoisotopic (exact) mass is 295 g/mol. The summed E-state index contributed by atoms with van der Waals surface area (Å²) in [6.45, 7) is 4.06. The van der Waals surface area contributed by atoms with Crippen LogP contribution in [0.5, 0.6) is 5.75 Å². The average Bonchev–Trinajstić information content (AvgIpc) is 2.51. The third-order valence-electron chi connectivity index (χ3n) is 3.55. The van der Waals surface area contributed by atoms with Crippen molar-refractivity contribution in [1.29, 1.82) is 0 Å². The Labute approximate surface area is 123 Å². The predicted octanol–water partition coefficient (Wildman–Crippen LogP) is 1.61. The number of ether oxygens (including phenoxy) is 1. The van der Waals surface area contributed by atoms with E-state index in [0.717, 1.165) is 12.8 Å². The molecule has 7 heteroatoms. The highest BCUT2D eigenvalue weighted by Gasteiger charge is 2.26. The van der Waals surface area contributed by atoms with Crippen molar-refractivity contribution in [2.75, 3.05) is 13.2 Å². The molecule has 1 aromatic rings. The molecule has 7 nitrogen and oxygen atoms in total. The highest BCUT2D eigenvalue weighted by Crippen LogP contribution is 2.19. The Morgan fingerprint density at radius 3 is 2.62 bits per heavy atom. The summed E-state index contributed by atoms with van der Waals surface area (Å²) >= 11 is 0. The standard InChI is InChI=1S/C14H21N3O4/c1-3-14(4-2,10-15)16-13(18)9-21-12-7-5-6-11(8-12)17(19)20/h5-8H,3-4,9-10,15H2,1-2H3,(H,16,18). The summed E-state index contributed by atoms with van der Waals surface area (Å²) in [6.07, 6.45) is 1.45. The van der Waals surface area contributed by atoms with Gasteiger partial charge in [0, 0.05) is 12.6 Å². The fourth-order valence-electron chi connectivity index (χ4n) is 1.93. The van der Waals surface area contributed by atoms with Crippen molar-refractivity contribution in [2.24, 2.45) is 5.73 Å². The first-order valence-corrected chi connectivity index (χ1v) is 6.84. The third kappa shape index (κ3) is 4.71. The van der Waals surface area contributed by atoms with Crippen LogP contribution in [0.2, 0.25) is 0 Å². The summed E-state index contributed by atoms with van der Waals surface area (Å²) in [7, 11) is 0. The number of carbonyl (C=O) groups is 1. The molecule has 1 amide bonds. The lowest BCUT2D eigenvalue weighted by Crippen LogP contribution is -2.54. The van der Waals surface area contributed by atoms with Gasteiger partial charge >= 0.3 is 0 Å². The van der Waals surface area contributed by atoms with E-state index in [2.05, 4.69) is 5.32 Å².